The molecular formula is C23H24F3N3O2S2. The number of halogens is 3. The molecule has 176 valence electrons. The van der Waals surface area contributed by atoms with Crippen molar-refractivity contribution < 1.29 is 21.6 Å². The Bertz CT molecular complexity index is 1250. The second-order valence-corrected chi connectivity index (χ2v) is 10.8. The molecule has 2 aromatic carbocycles. The summed E-state index contributed by atoms with van der Waals surface area (Å²) in [4.78, 5) is 5.56. The van der Waals surface area contributed by atoms with E-state index < -0.39 is 21.7 Å². The Balaban J connectivity index is 1.23. The number of anilines is 1. The Labute approximate surface area is 195 Å². The number of thiazole rings is 1. The molecule has 2 N–H and O–H groups in total. The van der Waals surface area contributed by atoms with Gasteiger partial charge in [-0.15, -0.1) is 11.3 Å². The zero-order chi connectivity index (χ0) is 23.4. The van der Waals surface area contributed by atoms with Crippen molar-refractivity contribution in [2.24, 2.45) is 0 Å². The van der Waals surface area contributed by atoms with Crippen LogP contribution in [0.2, 0.25) is 0 Å². The van der Waals surface area contributed by atoms with Gasteiger partial charge in [0.05, 0.1) is 10.6 Å². The third-order valence-corrected chi connectivity index (χ3v) is 8.03. The van der Waals surface area contributed by atoms with Crippen molar-refractivity contribution in [3.63, 3.8) is 0 Å². The summed E-state index contributed by atoms with van der Waals surface area (Å²) in [6, 6.07) is 7.39. The number of rotatable bonds is 9. The topological polar surface area (TPSA) is 71.1 Å². The second-order valence-electron chi connectivity index (χ2n) is 7.91. The number of nitrogens with one attached hydrogen (secondary N) is 2. The third kappa shape index (κ3) is 5.74. The van der Waals surface area contributed by atoms with E-state index in [4.69, 9.17) is 4.98 Å². The van der Waals surface area contributed by atoms with Gasteiger partial charge in [0.15, 0.2) is 16.8 Å². The van der Waals surface area contributed by atoms with Gasteiger partial charge in [0.2, 0.25) is 10.0 Å². The predicted octanol–water partition coefficient (Wildman–Crippen LogP) is 5.28. The first-order chi connectivity index (χ1) is 15.8. The molecule has 5 nitrogen and oxygen atoms in total. The fraction of sp³-hybridized carbons (Fsp3) is 0.348. The molecule has 0 radical (unpaired) electrons. The first kappa shape index (κ1) is 23.7. The maximum Gasteiger partial charge on any atom is 0.240 e. The number of aryl methyl sites for hydroxylation is 2. The highest BCUT2D eigenvalue weighted by Crippen LogP contribution is 2.37. The van der Waals surface area contributed by atoms with E-state index in [0.717, 1.165) is 71.1 Å². The molecule has 10 heteroatoms. The highest BCUT2D eigenvalue weighted by molar-refractivity contribution is 7.89. The molecule has 4 rings (SSSR count). The van der Waals surface area contributed by atoms with Gasteiger partial charge in [-0.25, -0.2) is 31.3 Å². The summed E-state index contributed by atoms with van der Waals surface area (Å²) in [6.07, 6.45) is 5.03. The molecule has 1 heterocycles. The lowest BCUT2D eigenvalue weighted by molar-refractivity contribution is 0.504. The van der Waals surface area contributed by atoms with Crippen LogP contribution in [0.5, 0.6) is 0 Å². The quantitative estimate of drug-likeness (QED) is 0.397. The molecule has 0 amide bonds. The Morgan fingerprint density at radius 1 is 0.939 bits per heavy atom. The van der Waals surface area contributed by atoms with Crippen molar-refractivity contribution in [3.8, 4) is 11.3 Å². The summed E-state index contributed by atoms with van der Waals surface area (Å²) in [5.41, 5.74) is 2.86. The second kappa shape index (κ2) is 10.2. The highest BCUT2D eigenvalue weighted by atomic mass is 32.2. The zero-order valence-corrected chi connectivity index (χ0v) is 19.5. The number of unbranched alkanes of at least 4 members (excludes halogenated alkanes) is 2. The van der Waals surface area contributed by atoms with E-state index in [0.29, 0.717) is 19.0 Å². The van der Waals surface area contributed by atoms with Gasteiger partial charge in [-0.05, 0) is 68.0 Å². The molecule has 1 aliphatic carbocycles. The summed E-state index contributed by atoms with van der Waals surface area (Å²) < 4.78 is 66.7. The van der Waals surface area contributed by atoms with Crippen molar-refractivity contribution in [3.05, 3.63) is 64.3 Å². The number of sulfonamides is 1. The van der Waals surface area contributed by atoms with Gasteiger partial charge in [0.25, 0.3) is 0 Å². The van der Waals surface area contributed by atoms with Gasteiger partial charge in [-0.3, -0.25) is 0 Å². The average molecular weight is 496 g/mol. The Kier molecular flexibility index (Phi) is 7.35. The van der Waals surface area contributed by atoms with Crippen molar-refractivity contribution in [1.29, 1.82) is 0 Å². The van der Waals surface area contributed by atoms with E-state index in [-0.39, 0.29) is 17.3 Å². The summed E-state index contributed by atoms with van der Waals surface area (Å²) in [6.45, 7) is 0.882. The van der Waals surface area contributed by atoms with Gasteiger partial charge < -0.3 is 5.32 Å². The number of nitrogens with zero attached hydrogens (tertiary/aromatic N) is 1. The third-order valence-electron chi connectivity index (χ3n) is 5.50. The van der Waals surface area contributed by atoms with E-state index in [1.54, 1.807) is 17.4 Å². The van der Waals surface area contributed by atoms with Crippen LogP contribution >= 0.6 is 11.3 Å². The summed E-state index contributed by atoms with van der Waals surface area (Å²) in [5, 5.41) is 4.11. The van der Waals surface area contributed by atoms with Gasteiger partial charge in [-0.1, -0.05) is 12.5 Å². The normalized spacial score (nSPS) is 13.3. The van der Waals surface area contributed by atoms with Crippen LogP contribution in [0.15, 0.2) is 41.3 Å². The number of hydrogen-bond acceptors (Lipinski definition) is 5. The first-order valence-corrected chi connectivity index (χ1v) is 13.1. The van der Waals surface area contributed by atoms with E-state index in [1.807, 2.05) is 6.07 Å². The van der Waals surface area contributed by atoms with Crippen LogP contribution in [0.4, 0.5) is 18.3 Å². The van der Waals surface area contributed by atoms with E-state index in [1.165, 1.54) is 6.07 Å². The molecule has 0 saturated carbocycles. The van der Waals surface area contributed by atoms with Gasteiger partial charge in [-0.2, -0.15) is 0 Å². The predicted molar refractivity (Wildman–Crippen MR) is 123 cm³/mol. The van der Waals surface area contributed by atoms with E-state index >= 15 is 0 Å². The molecule has 0 bridgehead atoms. The van der Waals surface area contributed by atoms with Crippen LogP contribution in [0.1, 0.15) is 36.1 Å². The van der Waals surface area contributed by atoms with E-state index in [2.05, 4.69) is 10.0 Å². The van der Waals surface area contributed by atoms with E-state index in [9.17, 15) is 21.6 Å². The molecule has 0 atom stereocenters. The molecule has 0 spiro atoms. The number of benzene rings is 2. The van der Waals surface area contributed by atoms with Gasteiger partial charge in [0, 0.05) is 23.5 Å². The first-order valence-electron chi connectivity index (χ1n) is 10.8. The van der Waals surface area contributed by atoms with Crippen LogP contribution in [-0.4, -0.2) is 26.5 Å². The minimum absolute atomic E-state index is 0.204. The lowest BCUT2D eigenvalue weighted by atomic mass is 10.0. The van der Waals surface area contributed by atoms with Crippen LogP contribution in [0, 0.1) is 17.5 Å². The summed E-state index contributed by atoms with van der Waals surface area (Å²) in [5.74, 6) is -2.55. The standard InChI is InChI=1S/C23H24F3N3O2S2/c24-16-8-7-15-5-4-6-21-22(18(15)13-16)29-23(32-21)27-11-2-1-3-12-28-33(30,31)17-9-10-19(25)20(26)14-17/h7-10,13-14,28H,1-6,11-12H2,(H,27,29). The van der Waals surface area contributed by atoms with Crippen LogP contribution in [-0.2, 0) is 22.9 Å². The van der Waals surface area contributed by atoms with Gasteiger partial charge >= 0.3 is 0 Å². The van der Waals surface area contributed by atoms with Gasteiger partial charge in [0.1, 0.15) is 5.82 Å². The molecule has 3 aromatic rings. The zero-order valence-electron chi connectivity index (χ0n) is 17.8. The van der Waals surface area contributed by atoms with Crippen LogP contribution < -0.4 is 10.0 Å². The largest absolute Gasteiger partial charge is 0.361 e. The lowest BCUT2D eigenvalue weighted by Crippen LogP contribution is -2.25. The maximum atomic E-state index is 13.8. The number of aromatic nitrogens is 1. The Hall–Kier alpha value is -2.43. The fourth-order valence-corrected chi connectivity index (χ4v) is 5.92. The Morgan fingerprint density at radius 2 is 1.76 bits per heavy atom. The highest BCUT2D eigenvalue weighted by Gasteiger charge is 2.20. The maximum absolute atomic E-state index is 13.8. The lowest BCUT2D eigenvalue weighted by Gasteiger charge is -2.07. The Morgan fingerprint density at radius 3 is 2.58 bits per heavy atom. The SMILES string of the molecule is O=S(=O)(NCCCCCNc1nc2c(s1)CCCc1ccc(F)cc1-2)c1ccc(F)c(F)c1. The minimum Gasteiger partial charge on any atom is -0.361 e. The van der Waals surface area contributed by atoms with Crippen molar-refractivity contribution in [1.82, 2.24) is 9.71 Å². The molecule has 0 unspecified atom stereocenters. The van der Waals surface area contributed by atoms with Crippen molar-refractivity contribution in [2.75, 3.05) is 18.4 Å². The molecule has 33 heavy (non-hydrogen) atoms. The summed E-state index contributed by atoms with van der Waals surface area (Å²) >= 11 is 1.60. The molecule has 0 saturated heterocycles. The molecule has 0 aliphatic heterocycles. The molecular weight excluding hydrogens is 471 g/mol. The fourth-order valence-electron chi connectivity index (χ4n) is 3.79. The van der Waals surface area contributed by atoms with Crippen LogP contribution in [0.3, 0.4) is 0 Å². The average Bonchev–Trinajstić information content (AvgIpc) is 3.11. The number of hydrogen-bond donors (Lipinski definition) is 2. The van der Waals surface area contributed by atoms with Crippen LogP contribution in [0.25, 0.3) is 11.3 Å². The smallest absolute Gasteiger partial charge is 0.240 e. The molecule has 1 aromatic heterocycles. The van der Waals surface area contributed by atoms with Crippen molar-refractivity contribution in [2.45, 2.75) is 43.4 Å². The molecule has 1 aliphatic rings. The molecule has 0 fully saturated rings. The summed E-state index contributed by atoms with van der Waals surface area (Å²) in [7, 11) is -3.88. The minimum atomic E-state index is -3.88. The monoisotopic (exact) mass is 495 g/mol. The number of fused-ring (bicyclic) bond motifs is 3. The van der Waals surface area contributed by atoms with Crippen molar-refractivity contribution >= 4 is 26.5 Å².